The van der Waals surface area contributed by atoms with Gasteiger partial charge in [-0.05, 0) is 18.3 Å². The first-order chi connectivity index (χ1) is 8.51. The molecule has 4 nitrogen and oxygen atoms in total. The highest BCUT2D eigenvalue weighted by atomic mass is 16.4. The molecular weight excluding hydrogens is 232 g/mol. The lowest BCUT2D eigenvalue weighted by atomic mass is 9.82. The minimum absolute atomic E-state index is 0.239. The van der Waals surface area contributed by atoms with Crippen LogP contribution in [0, 0.1) is 11.8 Å². The summed E-state index contributed by atoms with van der Waals surface area (Å²) < 4.78 is 0. The van der Waals surface area contributed by atoms with Gasteiger partial charge < -0.3 is 10.2 Å². The zero-order valence-corrected chi connectivity index (χ0v) is 11.5. The molecule has 0 aliphatic rings. The van der Waals surface area contributed by atoms with Crippen LogP contribution in [0.25, 0.3) is 0 Å². The molecule has 0 spiro atoms. The van der Waals surface area contributed by atoms with Gasteiger partial charge in [0.15, 0.2) is 0 Å². The first-order valence-electron chi connectivity index (χ1n) is 6.94. The molecule has 0 aromatic rings. The van der Waals surface area contributed by atoms with E-state index in [1.807, 2.05) is 6.92 Å². The van der Waals surface area contributed by atoms with E-state index in [1.165, 1.54) is 0 Å². The van der Waals surface area contributed by atoms with Crippen molar-refractivity contribution >= 4 is 11.9 Å². The van der Waals surface area contributed by atoms with Crippen LogP contribution in [-0.4, -0.2) is 22.2 Å². The van der Waals surface area contributed by atoms with Crippen LogP contribution < -0.4 is 0 Å². The van der Waals surface area contributed by atoms with E-state index in [-0.39, 0.29) is 18.8 Å². The Kier molecular flexibility index (Phi) is 9.33. The molecule has 2 N–H and O–H groups in total. The van der Waals surface area contributed by atoms with Gasteiger partial charge in [0.1, 0.15) is 0 Å². The summed E-state index contributed by atoms with van der Waals surface area (Å²) in [5.74, 6) is -0.742. The van der Waals surface area contributed by atoms with Gasteiger partial charge in [0.05, 0.1) is 0 Å². The largest absolute Gasteiger partial charge is 0.481 e. The standard InChI is InChI=1S/C14H26O4/c1-3-11(12(4-2)10-14(17)18)8-6-5-7-9-13(15)16/h11-12H,3-10H2,1-2H3,(H,15,16)(H,17,18). The number of carboxylic acid groups (broad SMARTS) is 2. The van der Waals surface area contributed by atoms with Gasteiger partial charge in [-0.3, -0.25) is 9.59 Å². The maximum Gasteiger partial charge on any atom is 0.303 e. The normalized spacial score (nSPS) is 14.1. The van der Waals surface area contributed by atoms with E-state index in [4.69, 9.17) is 10.2 Å². The van der Waals surface area contributed by atoms with E-state index >= 15 is 0 Å². The van der Waals surface area contributed by atoms with Crippen LogP contribution in [0.1, 0.15) is 65.2 Å². The molecule has 0 fully saturated rings. The lowest BCUT2D eigenvalue weighted by Crippen LogP contribution is -2.17. The molecule has 0 aromatic carbocycles. The quantitative estimate of drug-likeness (QED) is 0.556. The summed E-state index contributed by atoms with van der Waals surface area (Å²) in [6.45, 7) is 4.15. The molecule has 0 saturated heterocycles. The average molecular weight is 258 g/mol. The summed E-state index contributed by atoms with van der Waals surface area (Å²) in [7, 11) is 0. The zero-order chi connectivity index (χ0) is 14.0. The van der Waals surface area contributed by atoms with E-state index in [1.54, 1.807) is 0 Å². The molecule has 0 aliphatic carbocycles. The predicted molar refractivity (Wildman–Crippen MR) is 70.5 cm³/mol. The highest BCUT2D eigenvalue weighted by Gasteiger charge is 2.20. The van der Waals surface area contributed by atoms with Crippen LogP contribution >= 0.6 is 0 Å². The van der Waals surface area contributed by atoms with Crippen molar-refractivity contribution in [1.82, 2.24) is 0 Å². The van der Waals surface area contributed by atoms with Gasteiger partial charge in [0.25, 0.3) is 0 Å². The molecule has 2 atom stereocenters. The maximum atomic E-state index is 10.8. The second-order valence-corrected chi connectivity index (χ2v) is 4.93. The van der Waals surface area contributed by atoms with Crippen molar-refractivity contribution in [2.45, 2.75) is 65.2 Å². The van der Waals surface area contributed by atoms with E-state index < -0.39 is 11.9 Å². The van der Waals surface area contributed by atoms with Crippen molar-refractivity contribution < 1.29 is 19.8 Å². The van der Waals surface area contributed by atoms with E-state index in [2.05, 4.69) is 6.92 Å². The third-order valence-electron chi connectivity index (χ3n) is 3.62. The molecule has 0 radical (unpaired) electrons. The number of unbranched alkanes of at least 4 members (excludes halogenated alkanes) is 2. The molecule has 18 heavy (non-hydrogen) atoms. The van der Waals surface area contributed by atoms with Gasteiger partial charge in [-0.25, -0.2) is 0 Å². The Balaban J connectivity index is 3.92. The lowest BCUT2D eigenvalue weighted by Gasteiger charge is -2.23. The Morgan fingerprint density at radius 2 is 1.50 bits per heavy atom. The highest BCUT2D eigenvalue weighted by molar-refractivity contribution is 5.67. The van der Waals surface area contributed by atoms with Crippen LogP contribution in [-0.2, 0) is 9.59 Å². The third kappa shape index (κ3) is 8.09. The SMILES string of the molecule is CCC(CCCCCC(=O)O)C(CC)CC(=O)O. The summed E-state index contributed by atoms with van der Waals surface area (Å²) in [6, 6.07) is 0. The summed E-state index contributed by atoms with van der Waals surface area (Å²) in [5.41, 5.74) is 0. The Morgan fingerprint density at radius 3 is 1.94 bits per heavy atom. The van der Waals surface area contributed by atoms with E-state index in [0.29, 0.717) is 5.92 Å². The molecule has 2 unspecified atom stereocenters. The maximum absolute atomic E-state index is 10.8. The van der Waals surface area contributed by atoms with Crippen molar-refractivity contribution in [1.29, 1.82) is 0 Å². The fraction of sp³-hybridized carbons (Fsp3) is 0.857. The second kappa shape index (κ2) is 9.92. The Hall–Kier alpha value is -1.06. The average Bonchev–Trinajstić information content (AvgIpc) is 2.30. The van der Waals surface area contributed by atoms with Crippen LogP contribution in [0.15, 0.2) is 0 Å². The fourth-order valence-electron chi connectivity index (χ4n) is 2.50. The van der Waals surface area contributed by atoms with Crippen molar-refractivity contribution in [3.05, 3.63) is 0 Å². The monoisotopic (exact) mass is 258 g/mol. The highest BCUT2D eigenvalue weighted by Crippen LogP contribution is 2.28. The topological polar surface area (TPSA) is 74.6 Å². The first-order valence-corrected chi connectivity index (χ1v) is 6.94. The van der Waals surface area contributed by atoms with Crippen LogP contribution in [0.2, 0.25) is 0 Å². The summed E-state index contributed by atoms with van der Waals surface area (Å²) in [4.78, 5) is 21.1. The molecule has 0 aromatic heterocycles. The summed E-state index contributed by atoms with van der Waals surface area (Å²) in [5, 5.41) is 17.4. The molecule has 0 heterocycles. The second-order valence-electron chi connectivity index (χ2n) is 4.93. The summed E-state index contributed by atoms with van der Waals surface area (Å²) >= 11 is 0. The van der Waals surface area contributed by atoms with Gasteiger partial charge >= 0.3 is 11.9 Å². The fourth-order valence-corrected chi connectivity index (χ4v) is 2.50. The Morgan fingerprint density at radius 1 is 0.889 bits per heavy atom. The molecule has 4 heteroatoms. The lowest BCUT2D eigenvalue weighted by molar-refractivity contribution is -0.139. The Bertz CT molecular complexity index is 250. The van der Waals surface area contributed by atoms with Crippen molar-refractivity contribution in [3.63, 3.8) is 0 Å². The zero-order valence-electron chi connectivity index (χ0n) is 11.5. The van der Waals surface area contributed by atoms with Gasteiger partial charge in [-0.2, -0.15) is 0 Å². The number of aliphatic carboxylic acids is 2. The third-order valence-corrected chi connectivity index (χ3v) is 3.62. The predicted octanol–water partition coefficient (Wildman–Crippen LogP) is 3.55. The number of carbonyl (C=O) groups is 2. The number of rotatable bonds is 11. The van der Waals surface area contributed by atoms with E-state index in [0.717, 1.165) is 38.5 Å². The van der Waals surface area contributed by atoms with Crippen LogP contribution in [0.5, 0.6) is 0 Å². The molecule has 0 saturated carbocycles. The number of carboxylic acids is 2. The van der Waals surface area contributed by atoms with Crippen LogP contribution in [0.4, 0.5) is 0 Å². The molecule has 106 valence electrons. The van der Waals surface area contributed by atoms with Crippen molar-refractivity contribution in [2.75, 3.05) is 0 Å². The van der Waals surface area contributed by atoms with Crippen LogP contribution in [0.3, 0.4) is 0 Å². The summed E-state index contributed by atoms with van der Waals surface area (Å²) in [6.07, 6.45) is 6.06. The number of hydrogen-bond acceptors (Lipinski definition) is 2. The van der Waals surface area contributed by atoms with Gasteiger partial charge in [-0.1, -0.05) is 46.0 Å². The minimum Gasteiger partial charge on any atom is -0.481 e. The molecule has 0 bridgehead atoms. The molecule has 0 rings (SSSR count). The number of hydrogen-bond donors (Lipinski definition) is 2. The minimum atomic E-state index is -0.737. The van der Waals surface area contributed by atoms with Gasteiger partial charge in [0, 0.05) is 12.8 Å². The van der Waals surface area contributed by atoms with E-state index in [9.17, 15) is 9.59 Å². The molecular formula is C14H26O4. The Labute approximate surface area is 109 Å². The van der Waals surface area contributed by atoms with Gasteiger partial charge in [-0.15, -0.1) is 0 Å². The van der Waals surface area contributed by atoms with Gasteiger partial charge in [0.2, 0.25) is 0 Å². The molecule has 0 amide bonds. The molecule has 0 aliphatic heterocycles. The smallest absolute Gasteiger partial charge is 0.303 e. The first kappa shape index (κ1) is 16.9. The van der Waals surface area contributed by atoms with Crippen molar-refractivity contribution in [2.24, 2.45) is 11.8 Å². The van der Waals surface area contributed by atoms with Crippen molar-refractivity contribution in [3.8, 4) is 0 Å².